The highest BCUT2D eigenvalue weighted by Gasteiger charge is 2.20. The molecular weight excluding hydrogens is 280 g/mol. The summed E-state index contributed by atoms with van der Waals surface area (Å²) in [4.78, 5) is 9.47. The molecule has 0 N–H and O–H groups in total. The predicted octanol–water partition coefficient (Wildman–Crippen LogP) is 3.30. The second-order valence-electron chi connectivity index (χ2n) is 5.90. The zero-order valence-corrected chi connectivity index (χ0v) is 13.7. The van der Waals surface area contributed by atoms with Gasteiger partial charge in [0.1, 0.15) is 5.82 Å². The first kappa shape index (κ1) is 14.3. The number of aromatic nitrogens is 2. The van der Waals surface area contributed by atoms with Crippen LogP contribution in [0.4, 0.5) is 10.8 Å². The first-order valence-electron chi connectivity index (χ1n) is 7.53. The van der Waals surface area contributed by atoms with Gasteiger partial charge in [0.05, 0.1) is 0 Å². The van der Waals surface area contributed by atoms with Crippen molar-refractivity contribution in [2.75, 3.05) is 36.0 Å². The average molecular weight is 302 g/mol. The van der Waals surface area contributed by atoms with E-state index in [9.17, 15) is 0 Å². The molecule has 0 saturated carbocycles. The van der Waals surface area contributed by atoms with Crippen LogP contribution in [0.15, 0.2) is 24.3 Å². The van der Waals surface area contributed by atoms with Crippen molar-refractivity contribution in [1.82, 2.24) is 9.36 Å². The van der Waals surface area contributed by atoms with Gasteiger partial charge in [-0.1, -0.05) is 26.0 Å². The normalized spacial score (nSPS) is 15.8. The molecule has 0 atom stereocenters. The highest BCUT2D eigenvalue weighted by Crippen LogP contribution is 2.24. The molecule has 1 fully saturated rings. The first-order valence-corrected chi connectivity index (χ1v) is 8.31. The summed E-state index contributed by atoms with van der Waals surface area (Å²) in [5, 5.41) is 1.07. The molecule has 0 bridgehead atoms. The molecular formula is C16H22N4S. The van der Waals surface area contributed by atoms with Crippen molar-refractivity contribution < 1.29 is 0 Å². The number of benzene rings is 1. The predicted molar refractivity (Wildman–Crippen MR) is 89.6 cm³/mol. The third-order valence-corrected chi connectivity index (χ3v) is 4.66. The lowest BCUT2D eigenvalue weighted by Crippen LogP contribution is -2.46. The molecule has 5 heteroatoms. The van der Waals surface area contributed by atoms with Crippen LogP contribution in [-0.2, 0) is 0 Å². The SMILES string of the molecule is Cc1cccc(N2CCN(c3nc(C(C)C)ns3)CC2)c1. The molecule has 2 aromatic rings. The Morgan fingerprint density at radius 1 is 1.10 bits per heavy atom. The van der Waals surface area contributed by atoms with Crippen LogP contribution >= 0.6 is 11.5 Å². The van der Waals surface area contributed by atoms with E-state index in [1.54, 1.807) is 0 Å². The van der Waals surface area contributed by atoms with Gasteiger partial charge in [0.15, 0.2) is 0 Å². The van der Waals surface area contributed by atoms with Crippen LogP contribution in [0.5, 0.6) is 0 Å². The second kappa shape index (κ2) is 6.02. The van der Waals surface area contributed by atoms with E-state index in [2.05, 4.69) is 64.2 Å². The summed E-state index contributed by atoms with van der Waals surface area (Å²) in [5.41, 5.74) is 2.65. The van der Waals surface area contributed by atoms with Crippen LogP contribution in [0.1, 0.15) is 31.2 Å². The minimum absolute atomic E-state index is 0.406. The Morgan fingerprint density at radius 2 is 1.81 bits per heavy atom. The maximum atomic E-state index is 4.66. The number of aryl methyl sites for hydroxylation is 1. The molecule has 2 heterocycles. The van der Waals surface area contributed by atoms with Gasteiger partial charge in [-0.15, -0.1) is 0 Å². The topological polar surface area (TPSA) is 32.3 Å². The summed E-state index contributed by atoms with van der Waals surface area (Å²) in [6.07, 6.45) is 0. The van der Waals surface area contributed by atoms with Crippen LogP contribution in [0.2, 0.25) is 0 Å². The monoisotopic (exact) mass is 302 g/mol. The lowest BCUT2D eigenvalue weighted by atomic mass is 10.2. The van der Waals surface area contributed by atoms with Crippen molar-refractivity contribution >= 4 is 22.4 Å². The fourth-order valence-electron chi connectivity index (χ4n) is 2.57. The summed E-state index contributed by atoms with van der Waals surface area (Å²) < 4.78 is 4.45. The maximum absolute atomic E-state index is 4.66. The summed E-state index contributed by atoms with van der Waals surface area (Å²) in [6, 6.07) is 8.74. The Balaban J connectivity index is 1.64. The molecule has 21 heavy (non-hydrogen) atoms. The fourth-order valence-corrected chi connectivity index (χ4v) is 3.43. The van der Waals surface area contributed by atoms with Gasteiger partial charge in [0.2, 0.25) is 5.13 Å². The van der Waals surface area contributed by atoms with Crippen molar-refractivity contribution in [2.45, 2.75) is 26.7 Å². The second-order valence-corrected chi connectivity index (χ2v) is 6.63. The molecule has 0 amide bonds. The third kappa shape index (κ3) is 3.18. The van der Waals surface area contributed by atoms with Crippen molar-refractivity contribution in [3.8, 4) is 0 Å². The van der Waals surface area contributed by atoms with Crippen molar-refractivity contribution in [1.29, 1.82) is 0 Å². The Hall–Kier alpha value is -1.62. The molecule has 112 valence electrons. The van der Waals surface area contributed by atoms with E-state index >= 15 is 0 Å². The number of piperazine rings is 1. The van der Waals surface area contributed by atoms with Gasteiger partial charge in [-0.3, -0.25) is 0 Å². The highest BCUT2D eigenvalue weighted by molar-refractivity contribution is 7.09. The van der Waals surface area contributed by atoms with Gasteiger partial charge < -0.3 is 9.80 Å². The Morgan fingerprint density at radius 3 is 2.43 bits per heavy atom. The zero-order chi connectivity index (χ0) is 14.8. The van der Waals surface area contributed by atoms with Gasteiger partial charge in [0, 0.05) is 49.3 Å². The smallest absolute Gasteiger partial charge is 0.205 e. The molecule has 4 nitrogen and oxygen atoms in total. The number of nitrogens with zero attached hydrogens (tertiary/aromatic N) is 4. The third-order valence-electron chi connectivity index (χ3n) is 3.86. The van der Waals surface area contributed by atoms with Crippen LogP contribution in [0.3, 0.4) is 0 Å². The first-order chi connectivity index (χ1) is 10.1. The van der Waals surface area contributed by atoms with Gasteiger partial charge >= 0.3 is 0 Å². The van der Waals surface area contributed by atoms with Crippen LogP contribution < -0.4 is 9.80 Å². The standard InChI is InChI=1S/C16H22N4S/c1-12(2)15-17-16(21-18-15)20-9-7-19(8-10-20)14-6-4-5-13(3)11-14/h4-6,11-12H,7-10H2,1-3H3. The molecule has 0 spiro atoms. The number of rotatable bonds is 3. The molecule has 1 saturated heterocycles. The zero-order valence-electron chi connectivity index (χ0n) is 12.9. The van der Waals surface area contributed by atoms with Gasteiger partial charge in [-0.2, -0.15) is 4.37 Å². The average Bonchev–Trinajstić information content (AvgIpc) is 2.97. The Bertz CT molecular complexity index is 600. The van der Waals surface area contributed by atoms with Crippen molar-refractivity contribution in [3.63, 3.8) is 0 Å². The van der Waals surface area contributed by atoms with E-state index in [-0.39, 0.29) is 0 Å². The van der Waals surface area contributed by atoms with E-state index in [1.807, 2.05) is 0 Å². The van der Waals surface area contributed by atoms with Crippen molar-refractivity contribution in [3.05, 3.63) is 35.7 Å². The maximum Gasteiger partial charge on any atom is 0.205 e. The summed E-state index contributed by atoms with van der Waals surface area (Å²) in [6.45, 7) is 10.5. The van der Waals surface area contributed by atoms with Crippen molar-refractivity contribution in [2.24, 2.45) is 0 Å². The Labute approximate surface area is 130 Å². The van der Waals surface area contributed by atoms with E-state index < -0.39 is 0 Å². The largest absolute Gasteiger partial charge is 0.368 e. The molecule has 1 aromatic carbocycles. The van der Waals surface area contributed by atoms with E-state index in [0.717, 1.165) is 37.1 Å². The van der Waals surface area contributed by atoms with E-state index in [1.165, 1.54) is 22.8 Å². The van der Waals surface area contributed by atoms with E-state index in [4.69, 9.17) is 0 Å². The van der Waals surface area contributed by atoms with Crippen LogP contribution in [0, 0.1) is 6.92 Å². The fraction of sp³-hybridized carbons (Fsp3) is 0.500. The number of hydrogen-bond acceptors (Lipinski definition) is 5. The number of hydrogen-bond donors (Lipinski definition) is 0. The van der Waals surface area contributed by atoms with Gasteiger partial charge in [0.25, 0.3) is 0 Å². The lowest BCUT2D eigenvalue weighted by Gasteiger charge is -2.35. The van der Waals surface area contributed by atoms with Gasteiger partial charge in [-0.25, -0.2) is 4.98 Å². The van der Waals surface area contributed by atoms with Crippen LogP contribution in [0.25, 0.3) is 0 Å². The minimum Gasteiger partial charge on any atom is -0.368 e. The number of anilines is 2. The molecule has 3 rings (SSSR count). The lowest BCUT2D eigenvalue weighted by molar-refractivity contribution is 0.650. The summed E-state index contributed by atoms with van der Waals surface area (Å²) >= 11 is 1.53. The van der Waals surface area contributed by atoms with Crippen LogP contribution in [-0.4, -0.2) is 35.5 Å². The summed E-state index contributed by atoms with van der Waals surface area (Å²) in [7, 11) is 0. The van der Waals surface area contributed by atoms with Gasteiger partial charge in [-0.05, 0) is 24.6 Å². The summed E-state index contributed by atoms with van der Waals surface area (Å²) in [5.74, 6) is 1.37. The quantitative estimate of drug-likeness (QED) is 0.871. The molecule has 0 aliphatic carbocycles. The highest BCUT2D eigenvalue weighted by atomic mass is 32.1. The Kier molecular flexibility index (Phi) is 4.10. The molecule has 1 aliphatic heterocycles. The molecule has 0 radical (unpaired) electrons. The molecule has 1 aromatic heterocycles. The molecule has 0 unspecified atom stereocenters. The van der Waals surface area contributed by atoms with E-state index in [0.29, 0.717) is 5.92 Å². The molecule has 1 aliphatic rings. The minimum atomic E-state index is 0.406.